The smallest absolute Gasteiger partial charge is 0.138 e. The minimum absolute atomic E-state index is 0.565. The molecule has 27 heavy (non-hydrogen) atoms. The molecule has 0 fully saturated rings. The summed E-state index contributed by atoms with van der Waals surface area (Å²) in [6, 6.07) is 18.8. The predicted octanol–water partition coefficient (Wildman–Crippen LogP) is 7.27. The molecule has 0 saturated carbocycles. The van der Waals surface area contributed by atoms with Crippen LogP contribution in [0.25, 0.3) is 28.1 Å². The van der Waals surface area contributed by atoms with Gasteiger partial charge < -0.3 is 10.3 Å². The van der Waals surface area contributed by atoms with E-state index in [1.165, 1.54) is 0 Å². The fraction of sp³-hybridized carbons (Fsp3) is 0. The van der Waals surface area contributed by atoms with Crippen molar-refractivity contribution in [2.45, 2.75) is 0 Å². The first-order chi connectivity index (χ1) is 13.0. The van der Waals surface area contributed by atoms with Gasteiger partial charge in [-0.1, -0.05) is 53.5 Å². The first-order valence-corrected chi connectivity index (χ1v) is 9.29. The van der Waals surface area contributed by atoms with Crippen LogP contribution in [0.15, 0.2) is 67.2 Å². The van der Waals surface area contributed by atoms with E-state index in [1.54, 1.807) is 6.07 Å². The quantitative estimate of drug-likeness (QED) is 0.368. The molecule has 0 aliphatic heterocycles. The molecule has 0 amide bonds. The van der Waals surface area contributed by atoms with Crippen LogP contribution in [-0.4, -0.2) is 9.97 Å². The molecule has 134 valence electrons. The minimum atomic E-state index is 0.565. The summed E-state index contributed by atoms with van der Waals surface area (Å²) in [4.78, 5) is 7.93. The standard InChI is InChI=1S/C21H14Cl3N3/c1-12(14-7-16(23)10-17(24)8-14)25-18-4-2-3-13(9-18)21-26-19-6-5-15(22)11-20(19)27-21/h2-11,25H,1H2,(H,26,27). The van der Waals surface area contributed by atoms with Crippen molar-refractivity contribution < 1.29 is 0 Å². The summed E-state index contributed by atoms with van der Waals surface area (Å²) >= 11 is 18.2. The summed E-state index contributed by atoms with van der Waals surface area (Å²) in [7, 11) is 0. The van der Waals surface area contributed by atoms with E-state index >= 15 is 0 Å². The summed E-state index contributed by atoms with van der Waals surface area (Å²) in [5.41, 5.74) is 5.13. The van der Waals surface area contributed by atoms with E-state index in [0.29, 0.717) is 20.8 Å². The molecule has 0 unspecified atom stereocenters. The number of fused-ring (bicyclic) bond motifs is 1. The number of aromatic nitrogens is 2. The van der Waals surface area contributed by atoms with Gasteiger partial charge >= 0.3 is 0 Å². The lowest BCUT2D eigenvalue weighted by Crippen LogP contribution is -1.97. The van der Waals surface area contributed by atoms with Crippen LogP contribution in [0.2, 0.25) is 15.1 Å². The van der Waals surface area contributed by atoms with Gasteiger partial charge in [0.1, 0.15) is 5.82 Å². The Morgan fingerprint density at radius 2 is 1.67 bits per heavy atom. The number of rotatable bonds is 4. The zero-order chi connectivity index (χ0) is 19.0. The van der Waals surface area contributed by atoms with E-state index in [9.17, 15) is 0 Å². The number of anilines is 1. The second-order valence-corrected chi connectivity index (χ2v) is 7.40. The molecule has 0 radical (unpaired) electrons. The van der Waals surface area contributed by atoms with E-state index < -0.39 is 0 Å². The van der Waals surface area contributed by atoms with Gasteiger partial charge in [0.15, 0.2) is 0 Å². The highest BCUT2D eigenvalue weighted by Crippen LogP contribution is 2.28. The summed E-state index contributed by atoms with van der Waals surface area (Å²) in [6.07, 6.45) is 0. The van der Waals surface area contributed by atoms with Gasteiger partial charge in [0.05, 0.1) is 11.0 Å². The molecule has 6 heteroatoms. The Labute approximate surface area is 171 Å². The molecule has 4 aromatic rings. The SMILES string of the molecule is C=C(Nc1cccc(-c2nc3ccc(Cl)cc3[nH]2)c1)c1cc(Cl)cc(Cl)c1. The topological polar surface area (TPSA) is 40.7 Å². The molecule has 0 atom stereocenters. The molecule has 1 aromatic heterocycles. The normalized spacial score (nSPS) is 10.9. The maximum absolute atomic E-state index is 6.08. The van der Waals surface area contributed by atoms with Crippen molar-refractivity contribution in [1.29, 1.82) is 0 Å². The molecule has 0 saturated heterocycles. The number of halogens is 3. The van der Waals surface area contributed by atoms with Crippen molar-refractivity contribution in [3.05, 3.63) is 87.9 Å². The number of nitrogens with one attached hydrogen (secondary N) is 2. The van der Waals surface area contributed by atoms with Crippen LogP contribution in [0.3, 0.4) is 0 Å². The molecular weight excluding hydrogens is 401 g/mol. The number of H-pyrrole nitrogens is 1. The Bertz CT molecular complexity index is 1140. The van der Waals surface area contributed by atoms with Crippen LogP contribution in [0.4, 0.5) is 5.69 Å². The van der Waals surface area contributed by atoms with E-state index in [0.717, 1.165) is 33.7 Å². The third-order valence-corrected chi connectivity index (χ3v) is 4.76. The van der Waals surface area contributed by atoms with Crippen molar-refractivity contribution in [3.8, 4) is 11.4 Å². The summed E-state index contributed by atoms with van der Waals surface area (Å²) in [6.45, 7) is 4.08. The van der Waals surface area contributed by atoms with Gasteiger partial charge in [0.25, 0.3) is 0 Å². The molecule has 3 aromatic carbocycles. The van der Waals surface area contributed by atoms with Crippen LogP contribution in [0.5, 0.6) is 0 Å². The Morgan fingerprint density at radius 3 is 2.44 bits per heavy atom. The number of nitrogens with zero attached hydrogens (tertiary/aromatic N) is 1. The average Bonchev–Trinajstić information content (AvgIpc) is 3.04. The van der Waals surface area contributed by atoms with Crippen molar-refractivity contribution in [1.82, 2.24) is 9.97 Å². The lowest BCUT2D eigenvalue weighted by Gasteiger charge is -2.11. The maximum atomic E-state index is 6.08. The highest BCUT2D eigenvalue weighted by Gasteiger charge is 2.08. The van der Waals surface area contributed by atoms with E-state index in [1.807, 2.05) is 54.6 Å². The fourth-order valence-corrected chi connectivity index (χ4v) is 3.54. The minimum Gasteiger partial charge on any atom is -0.356 e. The molecule has 0 bridgehead atoms. The summed E-state index contributed by atoms with van der Waals surface area (Å²) in [5.74, 6) is 0.771. The predicted molar refractivity (Wildman–Crippen MR) is 116 cm³/mol. The zero-order valence-corrected chi connectivity index (χ0v) is 16.3. The van der Waals surface area contributed by atoms with Gasteiger partial charge in [-0.15, -0.1) is 0 Å². The van der Waals surface area contributed by atoms with Gasteiger partial charge in [-0.2, -0.15) is 0 Å². The Morgan fingerprint density at radius 1 is 0.889 bits per heavy atom. The number of aromatic amines is 1. The van der Waals surface area contributed by atoms with Gasteiger partial charge in [0.2, 0.25) is 0 Å². The Hall–Kier alpha value is -2.46. The lowest BCUT2D eigenvalue weighted by atomic mass is 10.1. The van der Waals surface area contributed by atoms with Crippen molar-refractivity contribution in [3.63, 3.8) is 0 Å². The maximum Gasteiger partial charge on any atom is 0.138 e. The lowest BCUT2D eigenvalue weighted by molar-refractivity contribution is 1.33. The second-order valence-electron chi connectivity index (χ2n) is 6.09. The van der Waals surface area contributed by atoms with E-state index in [4.69, 9.17) is 34.8 Å². The molecular formula is C21H14Cl3N3. The van der Waals surface area contributed by atoms with Crippen LogP contribution < -0.4 is 5.32 Å². The number of hydrogen-bond acceptors (Lipinski definition) is 2. The second kappa shape index (κ2) is 7.28. The van der Waals surface area contributed by atoms with Crippen LogP contribution in [0, 0.1) is 0 Å². The third-order valence-electron chi connectivity index (χ3n) is 4.09. The first kappa shape index (κ1) is 17.9. The fourth-order valence-electron chi connectivity index (χ4n) is 2.84. The number of hydrogen-bond donors (Lipinski definition) is 2. The Kier molecular flexibility index (Phi) is 4.83. The molecule has 0 spiro atoms. The summed E-state index contributed by atoms with van der Waals surface area (Å²) in [5, 5.41) is 5.09. The van der Waals surface area contributed by atoms with Crippen LogP contribution in [-0.2, 0) is 0 Å². The largest absolute Gasteiger partial charge is 0.356 e. The molecule has 1 heterocycles. The monoisotopic (exact) mass is 413 g/mol. The first-order valence-electron chi connectivity index (χ1n) is 8.16. The number of benzene rings is 3. The Balaban J connectivity index is 1.62. The molecule has 2 N–H and O–H groups in total. The highest BCUT2D eigenvalue weighted by atomic mass is 35.5. The molecule has 0 aliphatic carbocycles. The third kappa shape index (κ3) is 3.96. The van der Waals surface area contributed by atoms with Crippen LogP contribution >= 0.6 is 34.8 Å². The molecule has 0 aliphatic rings. The van der Waals surface area contributed by atoms with Crippen molar-refractivity contribution in [2.75, 3.05) is 5.32 Å². The highest BCUT2D eigenvalue weighted by molar-refractivity contribution is 6.35. The van der Waals surface area contributed by atoms with Gasteiger partial charge in [0, 0.05) is 37.6 Å². The molecule has 3 nitrogen and oxygen atoms in total. The average molecular weight is 415 g/mol. The van der Waals surface area contributed by atoms with Crippen LogP contribution in [0.1, 0.15) is 5.56 Å². The van der Waals surface area contributed by atoms with Gasteiger partial charge in [-0.25, -0.2) is 4.98 Å². The van der Waals surface area contributed by atoms with Crippen molar-refractivity contribution >= 4 is 57.2 Å². The molecule has 4 rings (SSSR count). The van der Waals surface area contributed by atoms with Gasteiger partial charge in [-0.05, 0) is 48.5 Å². The van der Waals surface area contributed by atoms with E-state index in [2.05, 4.69) is 21.9 Å². The van der Waals surface area contributed by atoms with E-state index in [-0.39, 0.29) is 0 Å². The summed E-state index contributed by atoms with van der Waals surface area (Å²) < 4.78 is 0. The number of imidazole rings is 1. The van der Waals surface area contributed by atoms with Gasteiger partial charge in [-0.3, -0.25) is 0 Å². The zero-order valence-electron chi connectivity index (χ0n) is 14.1. The van der Waals surface area contributed by atoms with Crippen molar-refractivity contribution in [2.24, 2.45) is 0 Å².